The van der Waals surface area contributed by atoms with Crippen molar-refractivity contribution < 1.29 is 13.2 Å². The molecule has 1 amide bonds. The molecule has 1 aromatic heterocycles. The van der Waals surface area contributed by atoms with Crippen molar-refractivity contribution in [1.29, 1.82) is 0 Å². The van der Waals surface area contributed by atoms with Gasteiger partial charge in [-0.15, -0.1) is 0 Å². The van der Waals surface area contributed by atoms with E-state index in [1.54, 1.807) is 18.7 Å². The summed E-state index contributed by atoms with van der Waals surface area (Å²) in [6.45, 7) is 6.34. The number of nitrogens with zero attached hydrogens (tertiary/aromatic N) is 2. The number of aryl methyl sites for hydroxylation is 1. The smallest absolute Gasteiger partial charge is 0.237 e. The maximum absolute atomic E-state index is 12.2. The summed E-state index contributed by atoms with van der Waals surface area (Å²) in [6, 6.07) is 1.99. The monoisotopic (exact) mass is 313 g/mol. The lowest BCUT2D eigenvalue weighted by molar-refractivity contribution is -0.129. The first kappa shape index (κ1) is 16.0. The minimum absolute atomic E-state index is 0.189. The number of sulfone groups is 1. The fraction of sp³-hybridized carbons (Fsp3) is 0.714. The van der Waals surface area contributed by atoms with Gasteiger partial charge in [-0.25, -0.2) is 8.42 Å². The number of likely N-dealkylation sites (tertiary alicyclic amines) is 1. The van der Waals surface area contributed by atoms with Crippen LogP contribution in [0.3, 0.4) is 0 Å². The zero-order chi connectivity index (χ0) is 15.6. The van der Waals surface area contributed by atoms with E-state index in [2.05, 4.69) is 10.2 Å². The van der Waals surface area contributed by atoms with Crippen LogP contribution in [0.2, 0.25) is 0 Å². The van der Waals surface area contributed by atoms with E-state index in [9.17, 15) is 13.2 Å². The number of carbonyl (C=O) groups is 1. The number of hydrogen-bond acceptors (Lipinski definition) is 4. The van der Waals surface area contributed by atoms with E-state index in [1.165, 1.54) is 0 Å². The third-order valence-electron chi connectivity index (χ3n) is 3.96. The molecule has 0 unspecified atom stereocenters. The van der Waals surface area contributed by atoms with Gasteiger partial charge in [0, 0.05) is 24.7 Å². The minimum Gasteiger partial charge on any atom is -0.341 e. The minimum atomic E-state index is -3.34. The van der Waals surface area contributed by atoms with Crippen LogP contribution in [0.1, 0.15) is 44.0 Å². The Morgan fingerprint density at radius 3 is 2.81 bits per heavy atom. The molecular weight excluding hydrogens is 290 g/mol. The van der Waals surface area contributed by atoms with Crippen LogP contribution in [0.25, 0.3) is 0 Å². The first-order chi connectivity index (χ1) is 9.79. The zero-order valence-electron chi connectivity index (χ0n) is 12.8. The molecule has 0 spiro atoms. The number of piperidine rings is 1. The molecule has 0 saturated carbocycles. The molecule has 2 heterocycles. The van der Waals surface area contributed by atoms with Crippen molar-refractivity contribution in [2.75, 3.05) is 18.8 Å². The van der Waals surface area contributed by atoms with Gasteiger partial charge < -0.3 is 4.90 Å². The van der Waals surface area contributed by atoms with Crippen molar-refractivity contribution in [3.05, 3.63) is 17.5 Å². The fourth-order valence-corrected chi connectivity index (χ4v) is 3.38. The molecule has 1 aliphatic rings. The van der Waals surface area contributed by atoms with Crippen molar-refractivity contribution >= 4 is 15.7 Å². The lowest BCUT2D eigenvalue weighted by Gasteiger charge is -2.32. The summed E-state index contributed by atoms with van der Waals surface area (Å²) in [6.07, 6.45) is 1.86. The Hall–Kier alpha value is -1.37. The summed E-state index contributed by atoms with van der Waals surface area (Å²) >= 11 is 0. The third kappa shape index (κ3) is 3.84. The number of carbonyl (C=O) groups excluding carboxylic acids is 1. The molecule has 21 heavy (non-hydrogen) atoms. The standard InChI is InChI=1S/C14H23N3O3S/c1-10(2)21(19,20)9-14(18)17-6-4-5-12(8-17)13-7-11(3)15-16-13/h7,10,12H,4-6,8-9H2,1-3H3,(H,15,16)/t12-/m0/s1. The van der Waals surface area contributed by atoms with E-state index in [-0.39, 0.29) is 11.8 Å². The molecule has 6 nitrogen and oxygen atoms in total. The van der Waals surface area contributed by atoms with Gasteiger partial charge in [-0.1, -0.05) is 0 Å². The first-order valence-corrected chi connectivity index (χ1v) is 9.02. The van der Waals surface area contributed by atoms with E-state index in [4.69, 9.17) is 0 Å². The van der Waals surface area contributed by atoms with Gasteiger partial charge in [0.15, 0.2) is 9.84 Å². The van der Waals surface area contributed by atoms with Crippen LogP contribution in [0, 0.1) is 6.92 Å². The number of nitrogens with one attached hydrogen (secondary N) is 1. The van der Waals surface area contributed by atoms with Gasteiger partial charge in [0.25, 0.3) is 0 Å². The molecule has 1 atom stereocenters. The van der Waals surface area contributed by atoms with E-state index >= 15 is 0 Å². The Labute approximate surface area is 125 Å². The van der Waals surface area contributed by atoms with Crippen molar-refractivity contribution in [3.63, 3.8) is 0 Å². The maximum Gasteiger partial charge on any atom is 0.237 e. The molecule has 1 N–H and O–H groups in total. The zero-order valence-corrected chi connectivity index (χ0v) is 13.6. The van der Waals surface area contributed by atoms with E-state index in [0.717, 1.165) is 24.2 Å². The number of aromatic amines is 1. The van der Waals surface area contributed by atoms with Crippen LogP contribution in [0.4, 0.5) is 0 Å². The van der Waals surface area contributed by atoms with Gasteiger partial charge in [-0.2, -0.15) is 5.10 Å². The molecule has 0 aliphatic carbocycles. The lowest BCUT2D eigenvalue weighted by Crippen LogP contribution is -2.43. The second kappa shape index (κ2) is 6.17. The SMILES string of the molecule is Cc1cc([C@H]2CCCN(C(=O)CS(=O)(=O)C(C)C)C2)n[nH]1. The predicted molar refractivity (Wildman–Crippen MR) is 80.8 cm³/mol. The van der Waals surface area contributed by atoms with Gasteiger partial charge >= 0.3 is 0 Å². The summed E-state index contributed by atoms with van der Waals surface area (Å²) in [5.74, 6) is -0.494. The Morgan fingerprint density at radius 2 is 2.24 bits per heavy atom. The quantitative estimate of drug-likeness (QED) is 0.907. The van der Waals surface area contributed by atoms with Gasteiger partial charge in [0.05, 0.1) is 10.9 Å². The van der Waals surface area contributed by atoms with Crippen molar-refractivity contribution in [3.8, 4) is 0 Å². The highest BCUT2D eigenvalue weighted by molar-refractivity contribution is 7.92. The lowest BCUT2D eigenvalue weighted by atomic mass is 9.94. The number of rotatable bonds is 4. The van der Waals surface area contributed by atoms with Gasteiger partial charge in [-0.3, -0.25) is 9.89 Å². The first-order valence-electron chi connectivity index (χ1n) is 7.31. The molecule has 0 aromatic carbocycles. The van der Waals surface area contributed by atoms with Crippen LogP contribution in [0.15, 0.2) is 6.07 Å². The average Bonchev–Trinajstić information content (AvgIpc) is 2.85. The van der Waals surface area contributed by atoms with Crippen LogP contribution >= 0.6 is 0 Å². The maximum atomic E-state index is 12.2. The van der Waals surface area contributed by atoms with Crippen molar-refractivity contribution in [1.82, 2.24) is 15.1 Å². The topological polar surface area (TPSA) is 83.1 Å². The molecule has 2 rings (SSSR count). The molecule has 1 aromatic rings. The molecular formula is C14H23N3O3S. The van der Waals surface area contributed by atoms with Crippen LogP contribution in [-0.2, 0) is 14.6 Å². The summed E-state index contributed by atoms with van der Waals surface area (Å²) in [5.41, 5.74) is 1.95. The summed E-state index contributed by atoms with van der Waals surface area (Å²) < 4.78 is 23.7. The van der Waals surface area contributed by atoms with Gasteiger partial charge in [0.1, 0.15) is 5.75 Å². The van der Waals surface area contributed by atoms with E-state index in [0.29, 0.717) is 13.1 Å². The van der Waals surface area contributed by atoms with Crippen LogP contribution in [0.5, 0.6) is 0 Å². The Morgan fingerprint density at radius 1 is 1.52 bits per heavy atom. The fourth-order valence-electron chi connectivity index (χ4n) is 2.52. The normalized spacial score (nSPS) is 20.0. The second-order valence-electron chi connectivity index (χ2n) is 6.01. The Kier molecular flexibility index (Phi) is 4.70. The van der Waals surface area contributed by atoms with E-state index in [1.807, 2.05) is 13.0 Å². The second-order valence-corrected chi connectivity index (χ2v) is 8.57. The summed E-state index contributed by atoms with van der Waals surface area (Å²) in [4.78, 5) is 13.9. The van der Waals surface area contributed by atoms with Gasteiger partial charge in [0.2, 0.25) is 5.91 Å². The van der Waals surface area contributed by atoms with Crippen molar-refractivity contribution in [2.45, 2.75) is 44.8 Å². The predicted octanol–water partition coefficient (Wildman–Crippen LogP) is 1.25. The number of H-pyrrole nitrogens is 1. The van der Waals surface area contributed by atoms with Crippen LogP contribution < -0.4 is 0 Å². The number of amides is 1. The summed E-state index contributed by atoms with van der Waals surface area (Å²) in [5, 5.41) is 6.65. The average molecular weight is 313 g/mol. The highest BCUT2D eigenvalue weighted by atomic mass is 32.2. The number of hydrogen-bond donors (Lipinski definition) is 1. The molecule has 7 heteroatoms. The van der Waals surface area contributed by atoms with E-state index < -0.39 is 20.8 Å². The molecule has 0 radical (unpaired) electrons. The molecule has 1 saturated heterocycles. The Bertz CT molecular complexity index is 607. The highest BCUT2D eigenvalue weighted by Gasteiger charge is 2.29. The molecule has 118 valence electrons. The largest absolute Gasteiger partial charge is 0.341 e. The molecule has 1 fully saturated rings. The van der Waals surface area contributed by atoms with Gasteiger partial charge in [-0.05, 0) is 39.7 Å². The molecule has 1 aliphatic heterocycles. The third-order valence-corrected chi connectivity index (χ3v) is 6.05. The Balaban J connectivity index is 2.02. The summed E-state index contributed by atoms with van der Waals surface area (Å²) in [7, 11) is -3.34. The number of aromatic nitrogens is 2. The highest BCUT2D eigenvalue weighted by Crippen LogP contribution is 2.26. The molecule has 0 bridgehead atoms. The van der Waals surface area contributed by atoms with Crippen molar-refractivity contribution in [2.24, 2.45) is 0 Å². The van der Waals surface area contributed by atoms with Crippen LogP contribution in [-0.4, -0.2) is 53.5 Å².